The van der Waals surface area contributed by atoms with Gasteiger partial charge in [0.15, 0.2) is 0 Å². The molecule has 3 fully saturated rings. The molecule has 3 saturated heterocycles. The third-order valence-electron chi connectivity index (χ3n) is 7.16. The van der Waals surface area contributed by atoms with Crippen molar-refractivity contribution in [3.05, 3.63) is 41.0 Å². The Hall–Kier alpha value is -2.51. The first-order valence-corrected chi connectivity index (χ1v) is 11.9. The molecule has 6 rings (SSSR count). The minimum atomic E-state index is -0.352. The van der Waals surface area contributed by atoms with Crippen LogP contribution in [0.2, 0.25) is 5.02 Å². The standard InChI is InChI=1S/C25H30ClN3O4/c1-25(2)14-32-20-11-16(17-10-19(26)23(31-3)27-12-17)4-5-18(20)22(25)28-24(30)33-21-13-29-8-6-15(21)7-9-29/h4-5,10-12,15,21-22H,6-9,13-14H2,1-3H3,(H,28,30)/t21-,22?/m1/s1. The minimum absolute atomic E-state index is 0.0235. The number of piperidine rings is 3. The molecule has 176 valence electrons. The van der Waals surface area contributed by atoms with Crippen molar-refractivity contribution in [1.29, 1.82) is 0 Å². The van der Waals surface area contributed by atoms with Crippen LogP contribution in [0.15, 0.2) is 30.5 Å². The van der Waals surface area contributed by atoms with Gasteiger partial charge in [0.2, 0.25) is 5.88 Å². The molecule has 7 nitrogen and oxygen atoms in total. The van der Waals surface area contributed by atoms with Crippen molar-refractivity contribution >= 4 is 17.7 Å². The lowest BCUT2D eigenvalue weighted by molar-refractivity contribution is -0.0361. The number of fused-ring (bicyclic) bond motifs is 4. The van der Waals surface area contributed by atoms with E-state index in [-0.39, 0.29) is 23.7 Å². The number of aromatic nitrogens is 1. The summed E-state index contributed by atoms with van der Waals surface area (Å²) in [6.45, 7) is 7.74. The Bertz CT molecular complexity index is 1050. The number of carbonyl (C=O) groups is 1. The van der Waals surface area contributed by atoms with E-state index < -0.39 is 0 Å². The third kappa shape index (κ3) is 4.36. The quantitative estimate of drug-likeness (QED) is 0.697. The number of carbonyl (C=O) groups excluding carboxylic acids is 1. The summed E-state index contributed by atoms with van der Waals surface area (Å²) in [5, 5.41) is 3.59. The Morgan fingerprint density at radius 1 is 1.24 bits per heavy atom. The molecule has 2 bridgehead atoms. The monoisotopic (exact) mass is 471 g/mol. The van der Waals surface area contributed by atoms with Gasteiger partial charge in [0.1, 0.15) is 16.9 Å². The van der Waals surface area contributed by atoms with Crippen molar-refractivity contribution in [3.63, 3.8) is 0 Å². The first kappa shape index (κ1) is 22.3. The molecule has 1 aromatic carbocycles. The SMILES string of the molecule is COc1ncc(-c2ccc3c(c2)OCC(C)(C)C3NC(=O)O[C@@H]2CN3CCC2CC3)cc1Cl. The fourth-order valence-electron chi connectivity index (χ4n) is 5.19. The van der Waals surface area contributed by atoms with Crippen molar-refractivity contribution in [3.8, 4) is 22.8 Å². The average Bonchev–Trinajstić information content (AvgIpc) is 2.81. The maximum Gasteiger partial charge on any atom is 0.407 e. The minimum Gasteiger partial charge on any atom is -0.493 e. The molecule has 0 radical (unpaired) electrons. The number of rotatable bonds is 4. The average molecular weight is 472 g/mol. The second-order valence-electron chi connectivity index (χ2n) is 9.90. The first-order valence-electron chi connectivity index (χ1n) is 11.5. The maximum absolute atomic E-state index is 12.9. The maximum atomic E-state index is 12.9. The fourth-order valence-corrected chi connectivity index (χ4v) is 5.43. The molecule has 0 aliphatic carbocycles. The van der Waals surface area contributed by atoms with Gasteiger partial charge in [-0.1, -0.05) is 37.6 Å². The van der Waals surface area contributed by atoms with Gasteiger partial charge in [-0.15, -0.1) is 0 Å². The highest BCUT2D eigenvalue weighted by Gasteiger charge is 2.41. The van der Waals surface area contributed by atoms with E-state index in [9.17, 15) is 4.79 Å². The molecule has 0 spiro atoms. The molecule has 33 heavy (non-hydrogen) atoms. The van der Waals surface area contributed by atoms with Crippen LogP contribution in [0.3, 0.4) is 0 Å². The summed E-state index contributed by atoms with van der Waals surface area (Å²) in [5.74, 6) is 1.61. The highest BCUT2D eigenvalue weighted by molar-refractivity contribution is 6.32. The van der Waals surface area contributed by atoms with Crippen LogP contribution in [0, 0.1) is 11.3 Å². The number of alkyl carbamates (subject to hydrolysis) is 1. The van der Waals surface area contributed by atoms with E-state index in [1.54, 1.807) is 6.20 Å². The van der Waals surface area contributed by atoms with E-state index in [4.69, 9.17) is 25.8 Å². The van der Waals surface area contributed by atoms with Gasteiger partial charge < -0.3 is 19.5 Å². The van der Waals surface area contributed by atoms with Crippen LogP contribution in [0.25, 0.3) is 11.1 Å². The van der Waals surface area contributed by atoms with Crippen molar-refractivity contribution in [2.24, 2.45) is 11.3 Å². The Labute approximate surface area is 199 Å². The van der Waals surface area contributed by atoms with Crippen LogP contribution in [-0.2, 0) is 4.74 Å². The van der Waals surface area contributed by atoms with E-state index in [2.05, 4.69) is 29.0 Å². The zero-order valence-electron chi connectivity index (χ0n) is 19.3. The Kier molecular flexibility index (Phi) is 5.87. The van der Waals surface area contributed by atoms with Gasteiger partial charge in [0, 0.05) is 29.3 Å². The highest BCUT2D eigenvalue weighted by atomic mass is 35.5. The van der Waals surface area contributed by atoms with Crippen molar-refractivity contribution in [1.82, 2.24) is 15.2 Å². The summed E-state index contributed by atoms with van der Waals surface area (Å²) in [6, 6.07) is 7.57. The Morgan fingerprint density at radius 2 is 2.03 bits per heavy atom. The predicted molar refractivity (Wildman–Crippen MR) is 126 cm³/mol. The van der Waals surface area contributed by atoms with Crippen molar-refractivity contribution in [2.75, 3.05) is 33.4 Å². The van der Waals surface area contributed by atoms with Crippen LogP contribution in [0.4, 0.5) is 4.79 Å². The van der Waals surface area contributed by atoms with Gasteiger partial charge in [-0.25, -0.2) is 9.78 Å². The van der Waals surface area contributed by atoms with Gasteiger partial charge in [0.25, 0.3) is 0 Å². The molecule has 4 aliphatic heterocycles. The molecule has 1 N–H and O–H groups in total. The molecule has 1 amide bonds. The molecule has 4 aliphatic rings. The zero-order valence-corrected chi connectivity index (χ0v) is 20.0. The lowest BCUT2D eigenvalue weighted by atomic mass is 9.78. The van der Waals surface area contributed by atoms with E-state index in [0.29, 0.717) is 23.4 Å². The number of pyridine rings is 1. The summed E-state index contributed by atoms with van der Waals surface area (Å²) >= 11 is 6.26. The predicted octanol–water partition coefficient (Wildman–Crippen LogP) is 4.69. The lowest BCUT2D eigenvalue weighted by Gasteiger charge is -2.44. The van der Waals surface area contributed by atoms with Gasteiger partial charge in [0.05, 0.1) is 19.8 Å². The fraction of sp³-hybridized carbons (Fsp3) is 0.520. The molecule has 8 heteroatoms. The number of nitrogens with one attached hydrogen (secondary N) is 1. The first-order chi connectivity index (χ1) is 15.8. The molecule has 1 aromatic heterocycles. The van der Waals surface area contributed by atoms with Crippen LogP contribution in [0.1, 0.15) is 38.3 Å². The summed E-state index contributed by atoms with van der Waals surface area (Å²) in [4.78, 5) is 19.6. The highest BCUT2D eigenvalue weighted by Crippen LogP contribution is 2.44. The number of benzene rings is 1. The van der Waals surface area contributed by atoms with Crippen LogP contribution in [-0.4, -0.2) is 55.4 Å². The number of methoxy groups -OCH3 is 1. The number of hydrogen-bond acceptors (Lipinski definition) is 6. The van der Waals surface area contributed by atoms with E-state index in [0.717, 1.165) is 54.9 Å². The van der Waals surface area contributed by atoms with Crippen molar-refractivity contribution in [2.45, 2.75) is 38.8 Å². The van der Waals surface area contributed by atoms with E-state index in [1.165, 1.54) is 7.11 Å². The van der Waals surface area contributed by atoms with Gasteiger partial charge in [-0.05, 0) is 49.5 Å². The van der Waals surface area contributed by atoms with E-state index >= 15 is 0 Å². The summed E-state index contributed by atoms with van der Waals surface area (Å²) in [5.41, 5.74) is 2.45. The second-order valence-corrected chi connectivity index (χ2v) is 10.3. The third-order valence-corrected chi connectivity index (χ3v) is 7.43. The summed E-state index contributed by atoms with van der Waals surface area (Å²) in [6.07, 6.45) is 3.56. The number of ether oxygens (including phenoxy) is 3. The van der Waals surface area contributed by atoms with E-state index in [1.807, 2.05) is 24.3 Å². The van der Waals surface area contributed by atoms with Crippen molar-refractivity contribution < 1.29 is 19.0 Å². The molecule has 1 unspecified atom stereocenters. The number of nitrogens with zero attached hydrogens (tertiary/aromatic N) is 2. The number of halogens is 1. The largest absolute Gasteiger partial charge is 0.493 e. The topological polar surface area (TPSA) is 72.9 Å². The second kappa shape index (κ2) is 8.69. The smallest absolute Gasteiger partial charge is 0.407 e. The number of amides is 1. The Morgan fingerprint density at radius 3 is 2.70 bits per heavy atom. The van der Waals surface area contributed by atoms with Crippen LogP contribution in [0.5, 0.6) is 11.6 Å². The van der Waals surface area contributed by atoms with Gasteiger partial charge in [-0.2, -0.15) is 0 Å². The Balaban J connectivity index is 1.35. The van der Waals surface area contributed by atoms with Gasteiger partial charge in [-0.3, -0.25) is 4.90 Å². The molecular weight excluding hydrogens is 442 g/mol. The molecular formula is C25H30ClN3O4. The number of hydrogen-bond donors (Lipinski definition) is 1. The summed E-state index contributed by atoms with van der Waals surface area (Å²) in [7, 11) is 1.54. The summed E-state index contributed by atoms with van der Waals surface area (Å²) < 4.78 is 17.1. The van der Waals surface area contributed by atoms with Crippen LogP contribution >= 0.6 is 11.6 Å². The zero-order chi connectivity index (χ0) is 23.2. The normalized spacial score (nSPS) is 27.3. The van der Waals surface area contributed by atoms with Gasteiger partial charge >= 0.3 is 6.09 Å². The molecule has 2 atom stereocenters. The molecule has 2 aromatic rings. The lowest BCUT2D eigenvalue weighted by Crippen LogP contribution is -2.53. The molecule has 0 saturated carbocycles. The molecule has 5 heterocycles. The van der Waals surface area contributed by atoms with Crippen LogP contribution < -0.4 is 14.8 Å².